The summed E-state index contributed by atoms with van der Waals surface area (Å²) >= 11 is 1.74. The summed E-state index contributed by atoms with van der Waals surface area (Å²) in [5.74, 6) is 1.23. The van der Waals surface area contributed by atoms with E-state index in [1.165, 1.54) is 30.5 Å². The van der Waals surface area contributed by atoms with Crippen molar-refractivity contribution in [2.45, 2.75) is 64.8 Å². The van der Waals surface area contributed by atoms with Gasteiger partial charge in [0.05, 0.1) is 17.7 Å². The van der Waals surface area contributed by atoms with Crippen molar-refractivity contribution in [3.8, 4) is 5.75 Å². The number of nitrogens with zero attached hydrogens (tertiary/aromatic N) is 2. The first-order valence-electron chi connectivity index (χ1n) is 11.8. The number of aromatic nitrogens is 3. The van der Waals surface area contributed by atoms with Crippen molar-refractivity contribution in [2.75, 3.05) is 6.61 Å². The molecule has 174 valence electrons. The van der Waals surface area contributed by atoms with Gasteiger partial charge < -0.3 is 10.1 Å². The van der Waals surface area contributed by atoms with Gasteiger partial charge in [0, 0.05) is 16.2 Å². The Balaban J connectivity index is 1.59. The lowest BCUT2D eigenvalue weighted by molar-refractivity contribution is -0.117. The van der Waals surface area contributed by atoms with Crippen molar-refractivity contribution in [3.63, 3.8) is 0 Å². The van der Waals surface area contributed by atoms with Crippen molar-refractivity contribution in [1.29, 1.82) is 0 Å². The van der Waals surface area contributed by atoms with E-state index in [0.717, 1.165) is 41.2 Å². The number of rotatable bonds is 10. The van der Waals surface area contributed by atoms with Crippen molar-refractivity contribution in [3.05, 3.63) is 63.9 Å². The zero-order valence-electron chi connectivity index (χ0n) is 19.6. The minimum absolute atomic E-state index is 0.141. The molecule has 1 unspecified atom stereocenters. The predicted molar refractivity (Wildman–Crippen MR) is 133 cm³/mol. The van der Waals surface area contributed by atoms with Crippen LogP contribution in [0.3, 0.4) is 0 Å². The van der Waals surface area contributed by atoms with Crippen molar-refractivity contribution in [1.82, 2.24) is 20.5 Å². The molecule has 4 rings (SSSR count). The second-order valence-electron chi connectivity index (χ2n) is 8.70. The molecular weight excluding hydrogens is 432 g/mol. The molecule has 3 heterocycles. The molecule has 0 radical (unpaired) electrons. The average Bonchev–Trinajstić information content (AvgIpc) is 3.51. The molecule has 33 heavy (non-hydrogen) atoms. The highest BCUT2D eigenvalue weighted by Gasteiger charge is 2.39. The number of benzene rings is 1. The lowest BCUT2D eigenvalue weighted by atomic mass is 9.80. The summed E-state index contributed by atoms with van der Waals surface area (Å²) in [6.45, 7) is 7.17. The van der Waals surface area contributed by atoms with Crippen LogP contribution in [-0.2, 0) is 16.8 Å². The number of hydrogen-bond donors (Lipinski definition) is 2. The van der Waals surface area contributed by atoms with E-state index in [-0.39, 0.29) is 5.91 Å². The second-order valence-corrected chi connectivity index (χ2v) is 9.87. The van der Waals surface area contributed by atoms with Gasteiger partial charge in [-0.2, -0.15) is 5.10 Å². The second kappa shape index (κ2) is 10.3. The van der Waals surface area contributed by atoms with Gasteiger partial charge in [0.2, 0.25) is 0 Å². The summed E-state index contributed by atoms with van der Waals surface area (Å²) < 4.78 is 5.91. The topological polar surface area (TPSA) is 79.9 Å². The third-order valence-corrected chi connectivity index (χ3v) is 7.46. The largest absolute Gasteiger partial charge is 0.494 e. The van der Waals surface area contributed by atoms with E-state index in [1.807, 2.05) is 12.1 Å². The third kappa shape index (κ3) is 5.19. The Morgan fingerprint density at radius 1 is 1.09 bits per heavy atom. The summed E-state index contributed by atoms with van der Waals surface area (Å²) in [5.41, 5.74) is 2.09. The highest BCUT2D eigenvalue weighted by Crippen LogP contribution is 2.43. The van der Waals surface area contributed by atoms with Gasteiger partial charge in [-0.1, -0.05) is 45.2 Å². The lowest BCUT2D eigenvalue weighted by Crippen LogP contribution is -2.47. The van der Waals surface area contributed by atoms with Crippen molar-refractivity contribution < 1.29 is 9.53 Å². The van der Waals surface area contributed by atoms with Crippen LogP contribution in [0.5, 0.6) is 5.75 Å². The van der Waals surface area contributed by atoms with E-state index < -0.39 is 5.54 Å². The van der Waals surface area contributed by atoms with Crippen LogP contribution in [-0.4, -0.2) is 27.7 Å². The van der Waals surface area contributed by atoms with Gasteiger partial charge in [-0.15, -0.1) is 11.3 Å². The summed E-state index contributed by atoms with van der Waals surface area (Å²) in [6.07, 6.45) is 7.81. The molecule has 0 saturated carbocycles. The maximum Gasteiger partial charge on any atom is 0.256 e. The molecule has 0 fully saturated rings. The number of H-pyrrole nitrogens is 1. The number of hydrogen-bond acceptors (Lipinski definition) is 5. The summed E-state index contributed by atoms with van der Waals surface area (Å²) in [4.78, 5) is 20.0. The Morgan fingerprint density at radius 2 is 1.91 bits per heavy atom. The molecule has 0 saturated heterocycles. The summed E-state index contributed by atoms with van der Waals surface area (Å²) in [6, 6.07) is 12.4. The summed E-state index contributed by atoms with van der Waals surface area (Å²) in [5, 5.41) is 10.1. The van der Waals surface area contributed by atoms with Crippen LogP contribution >= 0.6 is 11.3 Å². The van der Waals surface area contributed by atoms with Crippen LogP contribution in [0.2, 0.25) is 0 Å². The highest BCUT2D eigenvalue weighted by atomic mass is 32.1. The number of thiophene rings is 1. The quantitative estimate of drug-likeness (QED) is 0.375. The number of carbonyl (C=O) groups is 1. The first kappa shape index (κ1) is 23.2. The SMILES string of the molecule is CCCCCCOc1ccc(C2(C)CC(c3ccc(CC)s3)=C(c3ncn[nH]3)C(=O)N2)cc1. The van der Waals surface area contributed by atoms with E-state index in [2.05, 4.69) is 65.5 Å². The summed E-state index contributed by atoms with van der Waals surface area (Å²) in [7, 11) is 0. The number of unbranched alkanes of at least 4 members (excludes halogenated alkanes) is 3. The molecule has 2 aromatic heterocycles. The Morgan fingerprint density at radius 3 is 2.58 bits per heavy atom. The van der Waals surface area contributed by atoms with Gasteiger partial charge in [0.25, 0.3) is 5.91 Å². The Kier molecular flexibility index (Phi) is 7.28. The van der Waals surface area contributed by atoms with Gasteiger partial charge in [-0.3, -0.25) is 9.89 Å². The van der Waals surface area contributed by atoms with Crippen LogP contribution in [0.25, 0.3) is 11.1 Å². The smallest absolute Gasteiger partial charge is 0.256 e. The van der Waals surface area contributed by atoms with Gasteiger partial charge in [-0.05, 0) is 55.2 Å². The molecule has 3 aromatic rings. The monoisotopic (exact) mass is 464 g/mol. The Bertz CT molecular complexity index is 1100. The molecule has 6 nitrogen and oxygen atoms in total. The van der Waals surface area contributed by atoms with Crippen molar-refractivity contribution in [2.24, 2.45) is 0 Å². The highest BCUT2D eigenvalue weighted by molar-refractivity contribution is 7.13. The van der Waals surface area contributed by atoms with E-state index in [4.69, 9.17) is 4.74 Å². The molecule has 1 aliphatic rings. The normalized spacial score (nSPS) is 18.5. The molecule has 2 N–H and O–H groups in total. The Hall–Kier alpha value is -2.93. The first-order valence-corrected chi connectivity index (χ1v) is 12.6. The third-order valence-electron chi connectivity index (χ3n) is 6.17. The Labute approximate surface area is 199 Å². The van der Waals surface area contributed by atoms with Crippen LogP contribution in [0.1, 0.15) is 74.0 Å². The number of amides is 1. The number of carbonyl (C=O) groups excluding carboxylic acids is 1. The van der Waals surface area contributed by atoms with Crippen LogP contribution in [0.15, 0.2) is 42.7 Å². The first-order chi connectivity index (χ1) is 16.0. The van der Waals surface area contributed by atoms with E-state index in [0.29, 0.717) is 17.8 Å². The van der Waals surface area contributed by atoms with Crippen LogP contribution in [0, 0.1) is 0 Å². The number of aromatic amines is 1. The fourth-order valence-corrected chi connectivity index (χ4v) is 5.26. The molecule has 1 aliphatic heterocycles. The van der Waals surface area contributed by atoms with Gasteiger partial charge >= 0.3 is 0 Å². The zero-order chi connectivity index (χ0) is 23.3. The fourth-order valence-electron chi connectivity index (χ4n) is 4.27. The maximum absolute atomic E-state index is 13.4. The number of nitrogens with one attached hydrogen (secondary N) is 2. The maximum atomic E-state index is 13.4. The molecule has 0 bridgehead atoms. The molecule has 0 aliphatic carbocycles. The van der Waals surface area contributed by atoms with Gasteiger partial charge in [0.1, 0.15) is 12.1 Å². The van der Waals surface area contributed by atoms with Crippen LogP contribution in [0.4, 0.5) is 0 Å². The molecular formula is C26H32N4O2S. The van der Waals surface area contributed by atoms with E-state index >= 15 is 0 Å². The lowest BCUT2D eigenvalue weighted by Gasteiger charge is -2.37. The average molecular weight is 465 g/mol. The van der Waals surface area contributed by atoms with Gasteiger partial charge in [0.15, 0.2) is 5.82 Å². The standard InChI is InChI=1S/C26H32N4O2S/c1-4-6-7-8-15-32-19-11-9-18(10-12-19)26(3)16-21(22-14-13-20(5-2)33-22)23(25(31)29-26)24-27-17-28-30-24/h9-14,17H,4-8,15-16H2,1-3H3,(H,29,31)(H,27,28,30). The minimum atomic E-state index is -0.536. The fraction of sp³-hybridized carbons (Fsp3) is 0.423. The van der Waals surface area contributed by atoms with Crippen LogP contribution < -0.4 is 10.1 Å². The predicted octanol–water partition coefficient (Wildman–Crippen LogP) is 5.73. The molecule has 0 spiro atoms. The van der Waals surface area contributed by atoms with Crippen molar-refractivity contribution >= 4 is 28.4 Å². The van der Waals surface area contributed by atoms with E-state index in [1.54, 1.807) is 11.3 Å². The number of ether oxygens (including phenoxy) is 1. The zero-order valence-corrected chi connectivity index (χ0v) is 20.4. The minimum Gasteiger partial charge on any atom is -0.494 e. The van der Waals surface area contributed by atoms with E-state index in [9.17, 15) is 4.79 Å². The molecule has 1 amide bonds. The molecule has 1 aromatic carbocycles. The van der Waals surface area contributed by atoms with Gasteiger partial charge in [-0.25, -0.2) is 4.98 Å². The number of aryl methyl sites for hydroxylation is 1. The molecule has 1 atom stereocenters. The molecule has 7 heteroatoms.